The number of hydrogen-bond acceptors (Lipinski definition) is 4. The Hall–Kier alpha value is -1.68. The first kappa shape index (κ1) is 11.4. The van der Waals surface area contributed by atoms with Crippen molar-refractivity contribution in [2.75, 3.05) is 18.0 Å². The van der Waals surface area contributed by atoms with Crippen LogP contribution in [-0.2, 0) is 0 Å². The number of nitrogens with two attached hydrogens (primary N) is 1. The number of rotatable bonds is 3. The Labute approximate surface area is 107 Å². The molecule has 94 valence electrons. The molecule has 1 atom stereocenters. The van der Waals surface area contributed by atoms with E-state index in [4.69, 9.17) is 5.73 Å². The van der Waals surface area contributed by atoms with Crippen LogP contribution in [0.2, 0.25) is 0 Å². The molecule has 2 aromatic rings. The van der Waals surface area contributed by atoms with Crippen LogP contribution in [0.1, 0.15) is 19.3 Å². The summed E-state index contributed by atoms with van der Waals surface area (Å²) in [4.78, 5) is 2.45. The summed E-state index contributed by atoms with van der Waals surface area (Å²) in [5.74, 6) is 0. The first-order valence-electron chi connectivity index (χ1n) is 6.57. The van der Waals surface area contributed by atoms with Gasteiger partial charge in [-0.1, -0.05) is 18.2 Å². The molecule has 1 aromatic heterocycles. The van der Waals surface area contributed by atoms with E-state index >= 15 is 0 Å². The lowest BCUT2D eigenvalue weighted by Gasteiger charge is -2.27. The third-order valence-corrected chi connectivity index (χ3v) is 3.71. The zero-order chi connectivity index (χ0) is 12.4. The van der Waals surface area contributed by atoms with E-state index in [9.17, 15) is 0 Å². The van der Waals surface area contributed by atoms with Crippen LogP contribution in [0.25, 0.3) is 10.9 Å². The summed E-state index contributed by atoms with van der Waals surface area (Å²) >= 11 is 0. The van der Waals surface area contributed by atoms with Gasteiger partial charge in [0.25, 0.3) is 0 Å². The third kappa shape index (κ3) is 1.93. The predicted octanol–water partition coefficient (Wildman–Crippen LogP) is 1.95. The number of fused-ring (bicyclic) bond motifs is 1. The van der Waals surface area contributed by atoms with Crippen molar-refractivity contribution in [3.05, 3.63) is 30.5 Å². The molecule has 2 heterocycles. The van der Waals surface area contributed by atoms with Gasteiger partial charge in [-0.15, -0.1) is 0 Å². The van der Waals surface area contributed by atoms with Crippen LogP contribution in [0.15, 0.2) is 30.5 Å². The maximum atomic E-state index is 5.71. The van der Waals surface area contributed by atoms with Gasteiger partial charge in [0, 0.05) is 18.0 Å². The summed E-state index contributed by atoms with van der Waals surface area (Å²) in [5, 5.41) is 9.50. The van der Waals surface area contributed by atoms with Crippen LogP contribution in [-0.4, -0.2) is 29.3 Å². The van der Waals surface area contributed by atoms with Crippen molar-refractivity contribution in [1.29, 1.82) is 0 Å². The molecule has 0 bridgehead atoms. The van der Waals surface area contributed by atoms with Crippen molar-refractivity contribution in [3.63, 3.8) is 0 Å². The average molecular weight is 242 g/mol. The standard InChI is InChI=1S/C14H18N4/c15-8-7-11-4-3-9-18(11)14-10-16-17-13-6-2-1-5-12(13)14/h1-2,5-6,10-11H,3-4,7-9,15H2. The molecule has 1 saturated heterocycles. The second-order valence-corrected chi connectivity index (χ2v) is 4.81. The van der Waals surface area contributed by atoms with Gasteiger partial charge in [0.05, 0.1) is 17.4 Å². The minimum Gasteiger partial charge on any atom is -0.367 e. The normalized spacial score (nSPS) is 19.6. The van der Waals surface area contributed by atoms with E-state index in [0.29, 0.717) is 6.04 Å². The molecule has 1 aliphatic rings. The van der Waals surface area contributed by atoms with E-state index in [1.165, 1.54) is 23.9 Å². The highest BCUT2D eigenvalue weighted by Gasteiger charge is 2.25. The van der Waals surface area contributed by atoms with E-state index in [2.05, 4.69) is 27.2 Å². The monoisotopic (exact) mass is 242 g/mol. The summed E-state index contributed by atoms with van der Waals surface area (Å²) in [5.41, 5.74) is 7.88. The minimum absolute atomic E-state index is 0.558. The van der Waals surface area contributed by atoms with Crippen LogP contribution in [0, 0.1) is 0 Å². The van der Waals surface area contributed by atoms with Crippen molar-refractivity contribution in [2.24, 2.45) is 5.73 Å². The van der Waals surface area contributed by atoms with Crippen LogP contribution in [0.3, 0.4) is 0 Å². The van der Waals surface area contributed by atoms with Gasteiger partial charge in [0.2, 0.25) is 0 Å². The molecule has 3 rings (SSSR count). The Morgan fingerprint density at radius 2 is 2.22 bits per heavy atom. The number of aromatic nitrogens is 2. The van der Waals surface area contributed by atoms with Gasteiger partial charge in [0.1, 0.15) is 0 Å². The van der Waals surface area contributed by atoms with Crippen molar-refractivity contribution >= 4 is 16.6 Å². The predicted molar refractivity (Wildman–Crippen MR) is 73.6 cm³/mol. The molecule has 2 N–H and O–H groups in total. The molecule has 18 heavy (non-hydrogen) atoms. The Morgan fingerprint density at radius 1 is 1.33 bits per heavy atom. The van der Waals surface area contributed by atoms with Crippen LogP contribution < -0.4 is 10.6 Å². The summed E-state index contributed by atoms with van der Waals surface area (Å²) in [6.45, 7) is 1.85. The van der Waals surface area contributed by atoms with Gasteiger partial charge < -0.3 is 10.6 Å². The molecule has 4 heteroatoms. The summed E-state index contributed by atoms with van der Waals surface area (Å²) in [6, 6.07) is 8.75. The maximum absolute atomic E-state index is 5.71. The molecule has 4 nitrogen and oxygen atoms in total. The Balaban J connectivity index is 2.03. The molecule has 1 aromatic carbocycles. The summed E-state index contributed by atoms with van der Waals surface area (Å²) in [6.07, 6.45) is 5.41. The van der Waals surface area contributed by atoms with Gasteiger partial charge in [-0.2, -0.15) is 10.2 Å². The summed E-state index contributed by atoms with van der Waals surface area (Å²) in [7, 11) is 0. The zero-order valence-corrected chi connectivity index (χ0v) is 10.4. The second kappa shape index (κ2) is 4.90. The lowest BCUT2D eigenvalue weighted by Crippen LogP contribution is -2.31. The molecule has 0 aliphatic carbocycles. The minimum atomic E-state index is 0.558. The molecule has 1 unspecified atom stereocenters. The Morgan fingerprint density at radius 3 is 3.11 bits per heavy atom. The molecule has 0 radical (unpaired) electrons. The largest absolute Gasteiger partial charge is 0.367 e. The first-order valence-corrected chi connectivity index (χ1v) is 6.57. The molecule has 1 aliphatic heterocycles. The smallest absolute Gasteiger partial charge is 0.0950 e. The SMILES string of the molecule is NCCC1CCCN1c1cnnc2ccccc12. The molecular weight excluding hydrogens is 224 g/mol. The van der Waals surface area contributed by atoms with E-state index in [0.717, 1.165) is 25.0 Å². The highest BCUT2D eigenvalue weighted by atomic mass is 15.2. The van der Waals surface area contributed by atoms with Crippen molar-refractivity contribution in [1.82, 2.24) is 10.2 Å². The zero-order valence-electron chi connectivity index (χ0n) is 10.4. The van der Waals surface area contributed by atoms with Gasteiger partial charge in [-0.3, -0.25) is 0 Å². The topological polar surface area (TPSA) is 55.0 Å². The van der Waals surface area contributed by atoms with Crippen molar-refractivity contribution in [3.8, 4) is 0 Å². The fraction of sp³-hybridized carbons (Fsp3) is 0.429. The third-order valence-electron chi connectivity index (χ3n) is 3.71. The van der Waals surface area contributed by atoms with E-state index in [1.807, 2.05) is 18.3 Å². The molecular formula is C14H18N4. The van der Waals surface area contributed by atoms with Gasteiger partial charge in [0.15, 0.2) is 0 Å². The molecule has 0 saturated carbocycles. The Bertz CT molecular complexity index is 535. The lowest BCUT2D eigenvalue weighted by molar-refractivity contribution is 0.619. The van der Waals surface area contributed by atoms with Crippen LogP contribution >= 0.6 is 0 Å². The van der Waals surface area contributed by atoms with Crippen molar-refractivity contribution < 1.29 is 0 Å². The van der Waals surface area contributed by atoms with E-state index in [-0.39, 0.29) is 0 Å². The number of nitrogens with zero attached hydrogens (tertiary/aromatic N) is 3. The van der Waals surface area contributed by atoms with E-state index in [1.54, 1.807) is 0 Å². The fourth-order valence-electron chi connectivity index (χ4n) is 2.87. The number of anilines is 1. The van der Waals surface area contributed by atoms with Gasteiger partial charge >= 0.3 is 0 Å². The van der Waals surface area contributed by atoms with Crippen molar-refractivity contribution in [2.45, 2.75) is 25.3 Å². The number of hydrogen-bond donors (Lipinski definition) is 1. The first-order chi connectivity index (χ1) is 8.90. The maximum Gasteiger partial charge on any atom is 0.0950 e. The highest BCUT2D eigenvalue weighted by molar-refractivity contribution is 5.90. The quantitative estimate of drug-likeness (QED) is 0.893. The fourth-order valence-corrected chi connectivity index (χ4v) is 2.87. The van der Waals surface area contributed by atoms with Gasteiger partial charge in [-0.25, -0.2) is 0 Å². The van der Waals surface area contributed by atoms with Crippen LogP contribution in [0.4, 0.5) is 5.69 Å². The lowest BCUT2D eigenvalue weighted by atomic mass is 10.1. The second-order valence-electron chi connectivity index (χ2n) is 4.81. The molecule has 0 spiro atoms. The van der Waals surface area contributed by atoms with Crippen LogP contribution in [0.5, 0.6) is 0 Å². The molecule has 1 fully saturated rings. The summed E-state index contributed by atoms with van der Waals surface area (Å²) < 4.78 is 0. The highest BCUT2D eigenvalue weighted by Crippen LogP contribution is 2.31. The average Bonchev–Trinajstić information content (AvgIpc) is 2.87. The number of benzene rings is 1. The Kier molecular flexibility index (Phi) is 3.11. The molecule has 0 amide bonds. The van der Waals surface area contributed by atoms with Gasteiger partial charge in [-0.05, 0) is 31.9 Å². The van der Waals surface area contributed by atoms with E-state index < -0.39 is 0 Å².